The number of nitrogens with one attached hydrogen (secondary N) is 1. The number of pyridine rings is 1. The summed E-state index contributed by atoms with van der Waals surface area (Å²) in [6.45, 7) is 3.40. The van der Waals surface area contributed by atoms with Crippen LogP contribution in [0.25, 0.3) is 17.2 Å². The smallest absolute Gasteiger partial charge is 0.222 e. The topological polar surface area (TPSA) is 99.2 Å². The van der Waals surface area contributed by atoms with Gasteiger partial charge in [0.2, 0.25) is 5.91 Å². The van der Waals surface area contributed by atoms with E-state index in [4.69, 9.17) is 5.26 Å². The van der Waals surface area contributed by atoms with Crippen molar-refractivity contribution < 1.29 is 4.79 Å². The highest BCUT2D eigenvalue weighted by Crippen LogP contribution is 2.21. The van der Waals surface area contributed by atoms with Gasteiger partial charge in [0.15, 0.2) is 5.82 Å². The lowest BCUT2D eigenvalue weighted by atomic mass is 10.1. The molecule has 3 aromatic heterocycles. The van der Waals surface area contributed by atoms with Gasteiger partial charge in [-0.3, -0.25) is 9.20 Å². The average Bonchev–Trinajstić information content (AvgIpc) is 3.16. The highest BCUT2D eigenvalue weighted by Gasteiger charge is 2.23. The zero-order valence-corrected chi connectivity index (χ0v) is 15.7. The molecule has 1 amide bonds. The van der Waals surface area contributed by atoms with Gasteiger partial charge in [-0.2, -0.15) is 5.26 Å². The largest absolute Gasteiger partial charge is 0.365 e. The maximum atomic E-state index is 12.0. The van der Waals surface area contributed by atoms with E-state index in [0.29, 0.717) is 30.2 Å². The van der Waals surface area contributed by atoms with E-state index in [9.17, 15) is 4.79 Å². The molecule has 1 atom stereocenters. The van der Waals surface area contributed by atoms with Crippen LogP contribution in [0.5, 0.6) is 0 Å². The monoisotopic (exact) mass is 375 g/mol. The van der Waals surface area contributed by atoms with Crippen molar-refractivity contribution >= 4 is 17.4 Å². The van der Waals surface area contributed by atoms with Gasteiger partial charge < -0.3 is 10.2 Å². The molecule has 1 N–H and O–H groups in total. The van der Waals surface area contributed by atoms with E-state index in [1.54, 1.807) is 30.7 Å². The number of nitrogens with zero attached hydrogens (tertiary/aromatic N) is 6. The van der Waals surface area contributed by atoms with Crippen molar-refractivity contribution in [2.24, 2.45) is 0 Å². The van der Waals surface area contributed by atoms with Crippen LogP contribution in [-0.4, -0.2) is 49.3 Å². The molecule has 1 aliphatic heterocycles. The van der Waals surface area contributed by atoms with Gasteiger partial charge in [-0.25, -0.2) is 15.0 Å². The van der Waals surface area contributed by atoms with Gasteiger partial charge >= 0.3 is 0 Å². The van der Waals surface area contributed by atoms with Crippen LogP contribution in [-0.2, 0) is 4.79 Å². The molecule has 142 valence electrons. The Hall–Kier alpha value is -3.47. The third-order valence-corrected chi connectivity index (χ3v) is 4.95. The van der Waals surface area contributed by atoms with Gasteiger partial charge in [0.05, 0.1) is 11.8 Å². The van der Waals surface area contributed by atoms with E-state index in [2.05, 4.69) is 26.3 Å². The van der Waals surface area contributed by atoms with Crippen LogP contribution in [0.3, 0.4) is 0 Å². The minimum atomic E-state index is 0.166. The zero-order chi connectivity index (χ0) is 19.5. The van der Waals surface area contributed by atoms with Crippen molar-refractivity contribution in [3.63, 3.8) is 0 Å². The number of fused-ring (bicyclic) bond motifs is 1. The summed E-state index contributed by atoms with van der Waals surface area (Å²) in [6.07, 6.45) is 7.65. The number of anilines is 1. The molecule has 1 saturated heterocycles. The predicted molar refractivity (Wildman–Crippen MR) is 104 cm³/mol. The Balaban J connectivity index is 1.57. The number of piperidine rings is 1. The van der Waals surface area contributed by atoms with Crippen molar-refractivity contribution in [3.8, 4) is 17.6 Å². The molecule has 0 aliphatic carbocycles. The fourth-order valence-electron chi connectivity index (χ4n) is 3.53. The van der Waals surface area contributed by atoms with Crippen LogP contribution in [0.1, 0.15) is 31.7 Å². The summed E-state index contributed by atoms with van der Waals surface area (Å²) in [7, 11) is 0. The van der Waals surface area contributed by atoms with Gasteiger partial charge in [0.1, 0.15) is 23.2 Å². The summed E-state index contributed by atoms with van der Waals surface area (Å²) in [5, 5.41) is 12.6. The van der Waals surface area contributed by atoms with E-state index in [1.165, 1.54) is 0 Å². The van der Waals surface area contributed by atoms with E-state index in [-0.39, 0.29) is 11.9 Å². The zero-order valence-electron chi connectivity index (χ0n) is 15.7. The van der Waals surface area contributed by atoms with Gasteiger partial charge in [0.25, 0.3) is 0 Å². The Bertz CT molecular complexity index is 1050. The minimum absolute atomic E-state index is 0.166. The van der Waals surface area contributed by atoms with Crippen LogP contribution in [0.4, 0.5) is 5.82 Å². The maximum absolute atomic E-state index is 12.0. The molecule has 8 heteroatoms. The molecular formula is C20H21N7O. The number of hydrogen-bond acceptors (Lipinski definition) is 6. The van der Waals surface area contributed by atoms with Gasteiger partial charge in [-0.15, -0.1) is 0 Å². The average molecular weight is 375 g/mol. The molecule has 28 heavy (non-hydrogen) atoms. The number of carbonyl (C=O) groups is 1. The second-order valence-electron chi connectivity index (χ2n) is 6.84. The van der Waals surface area contributed by atoms with Crippen molar-refractivity contribution in [3.05, 3.63) is 42.4 Å². The van der Waals surface area contributed by atoms with E-state index in [0.717, 1.165) is 30.7 Å². The highest BCUT2D eigenvalue weighted by molar-refractivity contribution is 5.76. The number of rotatable bonds is 4. The van der Waals surface area contributed by atoms with Crippen molar-refractivity contribution in [2.75, 3.05) is 18.4 Å². The van der Waals surface area contributed by atoms with Crippen LogP contribution >= 0.6 is 0 Å². The van der Waals surface area contributed by atoms with Crippen molar-refractivity contribution in [1.82, 2.24) is 24.3 Å². The second-order valence-corrected chi connectivity index (χ2v) is 6.84. The van der Waals surface area contributed by atoms with Crippen molar-refractivity contribution in [2.45, 2.75) is 32.2 Å². The molecule has 0 saturated carbocycles. The summed E-state index contributed by atoms with van der Waals surface area (Å²) in [5.41, 5.74) is 2.00. The molecule has 8 nitrogen and oxygen atoms in total. The Labute approximate surface area is 162 Å². The number of amides is 1. The summed E-state index contributed by atoms with van der Waals surface area (Å²) < 4.78 is 1.82. The number of hydrogen-bond donors (Lipinski definition) is 1. The molecule has 3 aromatic rings. The molecule has 0 aromatic carbocycles. The summed E-state index contributed by atoms with van der Waals surface area (Å²) in [5.74, 6) is 1.44. The molecular weight excluding hydrogens is 354 g/mol. The second kappa shape index (κ2) is 7.64. The standard InChI is InChI=1S/C20H21N7O/c1-2-19(28)26-9-3-4-15(13-26)24-17-7-8-22-20(25-17)16-11-23-18-6-5-14(10-21)12-27(16)18/h5-8,11-12,15H,2-4,9,13H2,1H3,(H,22,24,25)/t15-/m1/s1. The molecule has 4 heterocycles. The lowest BCUT2D eigenvalue weighted by molar-refractivity contribution is -0.131. The van der Waals surface area contributed by atoms with Gasteiger partial charge in [-0.1, -0.05) is 6.92 Å². The van der Waals surface area contributed by atoms with Crippen molar-refractivity contribution in [1.29, 1.82) is 5.26 Å². The molecule has 0 radical (unpaired) electrons. The van der Waals surface area contributed by atoms with Gasteiger partial charge in [0, 0.05) is 37.9 Å². The van der Waals surface area contributed by atoms with Crippen LogP contribution in [0, 0.1) is 11.3 Å². The third kappa shape index (κ3) is 3.51. The lowest BCUT2D eigenvalue weighted by Gasteiger charge is -2.33. The number of carbonyl (C=O) groups excluding carboxylic acids is 1. The molecule has 1 aliphatic rings. The Morgan fingerprint density at radius 1 is 1.36 bits per heavy atom. The number of nitriles is 1. The molecule has 1 fully saturated rings. The van der Waals surface area contributed by atoms with Crippen LogP contribution < -0.4 is 5.32 Å². The Kier molecular flexibility index (Phi) is 4.89. The lowest BCUT2D eigenvalue weighted by Crippen LogP contribution is -2.45. The van der Waals surface area contributed by atoms with E-state index in [1.807, 2.05) is 22.3 Å². The number of imidazole rings is 1. The molecule has 0 unspecified atom stereocenters. The number of likely N-dealkylation sites (tertiary alicyclic amines) is 1. The normalized spacial score (nSPS) is 16.7. The predicted octanol–water partition coefficient (Wildman–Crippen LogP) is 2.48. The van der Waals surface area contributed by atoms with E-state index < -0.39 is 0 Å². The first-order valence-corrected chi connectivity index (χ1v) is 9.43. The third-order valence-electron chi connectivity index (χ3n) is 4.95. The summed E-state index contributed by atoms with van der Waals surface area (Å²) in [6, 6.07) is 7.66. The van der Waals surface area contributed by atoms with E-state index >= 15 is 0 Å². The maximum Gasteiger partial charge on any atom is 0.222 e. The fourth-order valence-corrected chi connectivity index (χ4v) is 3.53. The SMILES string of the molecule is CCC(=O)N1CCC[C@@H](Nc2ccnc(-c3cnc4ccc(C#N)cn34)n2)C1. The molecule has 0 bridgehead atoms. The molecule has 4 rings (SSSR count). The quantitative estimate of drug-likeness (QED) is 0.752. The Morgan fingerprint density at radius 2 is 2.25 bits per heavy atom. The molecule has 0 spiro atoms. The first-order valence-electron chi connectivity index (χ1n) is 9.43. The van der Waals surface area contributed by atoms with Crippen LogP contribution in [0.2, 0.25) is 0 Å². The summed E-state index contributed by atoms with van der Waals surface area (Å²) in [4.78, 5) is 27.3. The fraction of sp³-hybridized carbons (Fsp3) is 0.350. The highest BCUT2D eigenvalue weighted by atomic mass is 16.2. The first kappa shape index (κ1) is 17.9. The Morgan fingerprint density at radius 3 is 3.07 bits per heavy atom. The number of aromatic nitrogens is 4. The summed E-state index contributed by atoms with van der Waals surface area (Å²) >= 11 is 0. The first-order chi connectivity index (χ1) is 13.7. The van der Waals surface area contributed by atoms with Crippen LogP contribution in [0.15, 0.2) is 36.8 Å². The minimum Gasteiger partial charge on any atom is -0.365 e. The van der Waals surface area contributed by atoms with Gasteiger partial charge in [-0.05, 0) is 31.0 Å².